The van der Waals surface area contributed by atoms with Gasteiger partial charge < -0.3 is 10.6 Å². The summed E-state index contributed by atoms with van der Waals surface area (Å²) in [6, 6.07) is 9.49. The summed E-state index contributed by atoms with van der Waals surface area (Å²) in [5, 5.41) is 14.7. The van der Waals surface area contributed by atoms with Crippen molar-refractivity contribution in [2.45, 2.75) is 13.0 Å². The Bertz CT molecular complexity index is 682. The van der Waals surface area contributed by atoms with E-state index in [-0.39, 0.29) is 17.9 Å². The molecular weight excluding hydrogens is 283 g/mol. The van der Waals surface area contributed by atoms with Crippen LogP contribution in [0, 0.1) is 17.1 Å². The van der Waals surface area contributed by atoms with E-state index in [1.54, 1.807) is 12.4 Å². The molecule has 1 aromatic heterocycles. The first-order valence-electron chi connectivity index (χ1n) is 6.78. The molecule has 0 saturated carbocycles. The number of anilines is 1. The van der Waals surface area contributed by atoms with Crippen molar-refractivity contribution < 1.29 is 9.18 Å². The SMILES string of the molecule is N#Cc1cc(F)ccc1NCCC(=O)NCc1ccncc1. The van der Waals surface area contributed by atoms with Crippen LogP contribution in [0.25, 0.3) is 0 Å². The predicted molar refractivity (Wildman–Crippen MR) is 80.3 cm³/mol. The average molecular weight is 298 g/mol. The van der Waals surface area contributed by atoms with Crippen molar-refractivity contribution >= 4 is 11.6 Å². The van der Waals surface area contributed by atoms with Crippen molar-refractivity contribution in [1.29, 1.82) is 5.26 Å². The minimum Gasteiger partial charge on any atom is -0.383 e. The molecule has 1 amide bonds. The maximum Gasteiger partial charge on any atom is 0.222 e. The molecule has 22 heavy (non-hydrogen) atoms. The van der Waals surface area contributed by atoms with E-state index < -0.39 is 5.82 Å². The van der Waals surface area contributed by atoms with Crippen LogP contribution in [0.3, 0.4) is 0 Å². The van der Waals surface area contributed by atoms with Gasteiger partial charge in [0, 0.05) is 31.9 Å². The van der Waals surface area contributed by atoms with E-state index in [1.807, 2.05) is 18.2 Å². The number of nitrogens with one attached hydrogen (secondary N) is 2. The maximum absolute atomic E-state index is 13.0. The van der Waals surface area contributed by atoms with Gasteiger partial charge in [-0.3, -0.25) is 9.78 Å². The van der Waals surface area contributed by atoms with E-state index >= 15 is 0 Å². The number of carbonyl (C=O) groups is 1. The highest BCUT2D eigenvalue weighted by molar-refractivity contribution is 5.76. The Morgan fingerprint density at radius 3 is 2.77 bits per heavy atom. The van der Waals surface area contributed by atoms with Crippen LogP contribution >= 0.6 is 0 Å². The zero-order chi connectivity index (χ0) is 15.8. The number of hydrogen-bond acceptors (Lipinski definition) is 4. The van der Waals surface area contributed by atoms with Crippen LogP contribution in [0.4, 0.5) is 10.1 Å². The van der Waals surface area contributed by atoms with Crippen molar-refractivity contribution in [3.8, 4) is 6.07 Å². The lowest BCUT2D eigenvalue weighted by Crippen LogP contribution is -2.24. The zero-order valence-corrected chi connectivity index (χ0v) is 11.8. The van der Waals surface area contributed by atoms with Gasteiger partial charge in [-0.05, 0) is 35.9 Å². The lowest BCUT2D eigenvalue weighted by molar-refractivity contribution is -0.121. The summed E-state index contributed by atoms with van der Waals surface area (Å²) in [5.74, 6) is -0.567. The average Bonchev–Trinajstić information content (AvgIpc) is 2.55. The van der Waals surface area contributed by atoms with E-state index in [1.165, 1.54) is 12.1 Å². The maximum atomic E-state index is 13.0. The third kappa shape index (κ3) is 4.56. The minimum atomic E-state index is -0.461. The second-order valence-corrected chi connectivity index (χ2v) is 4.61. The summed E-state index contributed by atoms with van der Waals surface area (Å²) in [4.78, 5) is 15.6. The Morgan fingerprint density at radius 2 is 2.05 bits per heavy atom. The van der Waals surface area contributed by atoms with Crippen LogP contribution in [-0.2, 0) is 11.3 Å². The number of carbonyl (C=O) groups excluding carboxylic acids is 1. The summed E-state index contributed by atoms with van der Waals surface area (Å²) in [6.07, 6.45) is 3.59. The standard InChI is InChI=1S/C16H15FN4O/c17-14-1-2-15(13(9-14)10-18)20-8-5-16(22)21-11-12-3-6-19-7-4-12/h1-4,6-7,9,20H,5,8,11H2,(H,21,22). The topological polar surface area (TPSA) is 77.8 Å². The minimum absolute atomic E-state index is 0.107. The summed E-state index contributed by atoms with van der Waals surface area (Å²) < 4.78 is 13.0. The van der Waals surface area contributed by atoms with Crippen LogP contribution in [0.2, 0.25) is 0 Å². The molecule has 1 heterocycles. The van der Waals surface area contributed by atoms with Gasteiger partial charge in [0.15, 0.2) is 0 Å². The Labute approximate surface area is 127 Å². The molecule has 1 aromatic carbocycles. The van der Waals surface area contributed by atoms with Gasteiger partial charge in [-0.1, -0.05) is 0 Å². The van der Waals surface area contributed by atoms with Crippen LogP contribution < -0.4 is 10.6 Å². The second kappa shape index (κ2) is 7.74. The first-order valence-corrected chi connectivity index (χ1v) is 6.78. The number of rotatable bonds is 6. The molecule has 2 rings (SSSR count). The summed E-state index contributed by atoms with van der Waals surface area (Å²) in [6.45, 7) is 0.809. The van der Waals surface area contributed by atoms with Gasteiger partial charge in [-0.15, -0.1) is 0 Å². The van der Waals surface area contributed by atoms with Gasteiger partial charge in [-0.25, -0.2) is 4.39 Å². The predicted octanol–water partition coefficient (Wildman–Crippen LogP) is 2.21. The van der Waals surface area contributed by atoms with Crippen molar-refractivity contribution in [3.05, 3.63) is 59.7 Å². The largest absolute Gasteiger partial charge is 0.383 e. The Kier molecular flexibility index (Phi) is 5.44. The van der Waals surface area contributed by atoms with Crippen molar-refractivity contribution in [3.63, 3.8) is 0 Å². The Hall–Kier alpha value is -2.94. The molecule has 2 aromatic rings. The summed E-state index contributed by atoms with van der Waals surface area (Å²) in [7, 11) is 0. The highest BCUT2D eigenvalue weighted by atomic mass is 19.1. The number of benzene rings is 1. The molecule has 0 atom stereocenters. The van der Waals surface area contributed by atoms with E-state index in [0.29, 0.717) is 18.8 Å². The summed E-state index contributed by atoms with van der Waals surface area (Å²) in [5.41, 5.74) is 1.71. The van der Waals surface area contributed by atoms with Crippen LogP contribution in [-0.4, -0.2) is 17.4 Å². The van der Waals surface area contributed by atoms with Gasteiger partial charge in [0.25, 0.3) is 0 Å². The number of nitrogens with zero attached hydrogens (tertiary/aromatic N) is 2. The highest BCUT2D eigenvalue weighted by Crippen LogP contribution is 2.15. The van der Waals surface area contributed by atoms with E-state index in [9.17, 15) is 9.18 Å². The highest BCUT2D eigenvalue weighted by Gasteiger charge is 2.05. The number of amides is 1. The Balaban J connectivity index is 1.77. The van der Waals surface area contributed by atoms with Crippen molar-refractivity contribution in [1.82, 2.24) is 10.3 Å². The molecule has 6 heteroatoms. The molecule has 5 nitrogen and oxygen atoms in total. The smallest absolute Gasteiger partial charge is 0.222 e. The monoisotopic (exact) mass is 298 g/mol. The molecule has 0 spiro atoms. The van der Waals surface area contributed by atoms with Gasteiger partial charge in [-0.2, -0.15) is 5.26 Å². The number of aromatic nitrogens is 1. The molecule has 0 unspecified atom stereocenters. The Morgan fingerprint density at radius 1 is 1.27 bits per heavy atom. The van der Waals surface area contributed by atoms with Crippen LogP contribution in [0.5, 0.6) is 0 Å². The van der Waals surface area contributed by atoms with Crippen LogP contribution in [0.15, 0.2) is 42.7 Å². The first-order chi connectivity index (χ1) is 10.7. The fourth-order valence-electron chi connectivity index (χ4n) is 1.86. The van der Waals surface area contributed by atoms with E-state index in [4.69, 9.17) is 5.26 Å². The van der Waals surface area contributed by atoms with Gasteiger partial charge in [0.2, 0.25) is 5.91 Å². The molecule has 112 valence electrons. The fourth-order valence-corrected chi connectivity index (χ4v) is 1.86. The third-order valence-corrected chi connectivity index (χ3v) is 3.01. The fraction of sp³-hybridized carbons (Fsp3) is 0.188. The quantitative estimate of drug-likeness (QED) is 0.857. The third-order valence-electron chi connectivity index (χ3n) is 3.01. The molecule has 0 fully saturated rings. The van der Waals surface area contributed by atoms with E-state index in [0.717, 1.165) is 11.6 Å². The molecule has 0 saturated heterocycles. The number of hydrogen-bond donors (Lipinski definition) is 2. The van der Waals surface area contributed by atoms with Crippen molar-refractivity contribution in [2.24, 2.45) is 0 Å². The van der Waals surface area contributed by atoms with Gasteiger partial charge in [0.05, 0.1) is 11.3 Å². The number of nitriles is 1. The number of pyridine rings is 1. The van der Waals surface area contributed by atoms with Crippen LogP contribution in [0.1, 0.15) is 17.5 Å². The molecule has 0 bridgehead atoms. The first kappa shape index (κ1) is 15.4. The lowest BCUT2D eigenvalue weighted by Gasteiger charge is -2.09. The van der Waals surface area contributed by atoms with Crippen molar-refractivity contribution in [2.75, 3.05) is 11.9 Å². The summed E-state index contributed by atoms with van der Waals surface area (Å²) >= 11 is 0. The second-order valence-electron chi connectivity index (χ2n) is 4.61. The number of halogens is 1. The molecule has 2 N–H and O–H groups in total. The molecule has 0 radical (unpaired) electrons. The molecular formula is C16H15FN4O. The van der Waals surface area contributed by atoms with Gasteiger partial charge >= 0.3 is 0 Å². The zero-order valence-electron chi connectivity index (χ0n) is 11.8. The lowest BCUT2D eigenvalue weighted by atomic mass is 10.2. The molecule has 0 aliphatic heterocycles. The van der Waals surface area contributed by atoms with Gasteiger partial charge in [0.1, 0.15) is 11.9 Å². The van der Waals surface area contributed by atoms with E-state index in [2.05, 4.69) is 15.6 Å². The molecule has 0 aliphatic carbocycles. The normalized spacial score (nSPS) is 9.82. The molecule has 0 aliphatic rings.